The number of carbonyl (C=O) groups is 1. The van der Waals surface area contributed by atoms with E-state index in [1.165, 1.54) is 6.08 Å². The van der Waals surface area contributed by atoms with Crippen LogP contribution >= 0.6 is 11.6 Å². The fourth-order valence-electron chi connectivity index (χ4n) is 0.427. The van der Waals surface area contributed by atoms with Crippen molar-refractivity contribution >= 4 is 17.6 Å². The summed E-state index contributed by atoms with van der Waals surface area (Å²) < 4.78 is 0. The van der Waals surface area contributed by atoms with E-state index in [4.69, 9.17) is 21.8 Å². The quantitative estimate of drug-likeness (QED) is 0.642. The van der Waals surface area contributed by atoms with Crippen molar-refractivity contribution in [1.29, 1.82) is 0 Å². The van der Waals surface area contributed by atoms with Gasteiger partial charge in [-0.25, -0.2) is 4.79 Å². The normalized spacial score (nSPS) is 13.3. The Morgan fingerprint density at radius 1 is 1.64 bits per heavy atom. The van der Waals surface area contributed by atoms with E-state index in [1.807, 2.05) is 0 Å². The van der Waals surface area contributed by atoms with Crippen LogP contribution in [0.2, 0.25) is 0 Å². The summed E-state index contributed by atoms with van der Waals surface area (Å²) in [6, 6.07) is 0. The molecule has 0 saturated carbocycles. The molecule has 0 aromatic carbocycles. The van der Waals surface area contributed by atoms with E-state index >= 15 is 0 Å². The third-order valence-corrected chi connectivity index (χ3v) is 1.30. The van der Waals surface area contributed by atoms with Crippen molar-refractivity contribution < 1.29 is 15.0 Å². The SMILES string of the molecule is CC(C)(O)CC=C(Cl)C(=O)O. The predicted octanol–water partition coefficient (Wildman–Crippen LogP) is 1.35. The Morgan fingerprint density at radius 3 is 2.36 bits per heavy atom. The topological polar surface area (TPSA) is 57.5 Å². The second-order valence-corrected chi connectivity index (χ2v) is 3.28. The maximum atomic E-state index is 10.1. The van der Waals surface area contributed by atoms with Gasteiger partial charge in [0.25, 0.3) is 0 Å². The summed E-state index contributed by atoms with van der Waals surface area (Å²) in [5.41, 5.74) is -0.907. The largest absolute Gasteiger partial charge is 0.477 e. The van der Waals surface area contributed by atoms with Gasteiger partial charge in [0, 0.05) is 0 Å². The fraction of sp³-hybridized carbons (Fsp3) is 0.571. The van der Waals surface area contributed by atoms with Crippen LogP contribution in [0.4, 0.5) is 0 Å². The highest BCUT2D eigenvalue weighted by atomic mass is 35.5. The zero-order valence-electron chi connectivity index (χ0n) is 6.47. The molecule has 0 spiro atoms. The molecule has 11 heavy (non-hydrogen) atoms. The Morgan fingerprint density at radius 2 is 2.09 bits per heavy atom. The number of carboxylic acids is 1. The average molecular weight is 179 g/mol. The highest BCUT2D eigenvalue weighted by molar-refractivity contribution is 6.40. The zero-order valence-corrected chi connectivity index (χ0v) is 7.22. The number of hydrogen-bond acceptors (Lipinski definition) is 2. The predicted molar refractivity (Wildman–Crippen MR) is 42.5 cm³/mol. The molecule has 0 atom stereocenters. The van der Waals surface area contributed by atoms with E-state index < -0.39 is 11.6 Å². The van der Waals surface area contributed by atoms with E-state index in [2.05, 4.69) is 0 Å². The Labute approximate surface area is 70.3 Å². The lowest BCUT2D eigenvalue weighted by atomic mass is 10.1. The van der Waals surface area contributed by atoms with Crippen molar-refractivity contribution in [3.05, 3.63) is 11.1 Å². The first-order valence-corrected chi connectivity index (χ1v) is 3.52. The van der Waals surface area contributed by atoms with E-state index in [0.717, 1.165) is 0 Å². The van der Waals surface area contributed by atoms with Crippen molar-refractivity contribution in [2.24, 2.45) is 0 Å². The van der Waals surface area contributed by atoms with Crippen LogP contribution in [0.5, 0.6) is 0 Å². The molecule has 0 rings (SSSR count). The standard InChI is InChI=1S/C7H11ClO3/c1-7(2,11)4-3-5(8)6(9)10/h3,11H,4H2,1-2H3,(H,9,10). The molecule has 0 fully saturated rings. The van der Waals surface area contributed by atoms with Crippen molar-refractivity contribution in [2.75, 3.05) is 0 Å². The molecule has 0 bridgehead atoms. The third kappa shape index (κ3) is 5.88. The summed E-state index contributed by atoms with van der Waals surface area (Å²) in [6.07, 6.45) is 1.52. The molecule has 0 saturated heterocycles. The van der Waals surface area contributed by atoms with Crippen molar-refractivity contribution in [3.63, 3.8) is 0 Å². The molecule has 0 aromatic rings. The van der Waals surface area contributed by atoms with E-state index in [1.54, 1.807) is 13.8 Å². The lowest BCUT2D eigenvalue weighted by Gasteiger charge is -2.13. The molecule has 4 heteroatoms. The molecule has 0 aliphatic carbocycles. The number of carboxylic acid groups (broad SMARTS) is 1. The molecule has 0 aromatic heterocycles. The monoisotopic (exact) mass is 178 g/mol. The second-order valence-electron chi connectivity index (χ2n) is 2.87. The molecule has 0 aliphatic heterocycles. The Balaban J connectivity index is 4.04. The van der Waals surface area contributed by atoms with Gasteiger partial charge in [-0.15, -0.1) is 0 Å². The number of aliphatic hydroxyl groups is 1. The van der Waals surface area contributed by atoms with Crippen LogP contribution in [0.3, 0.4) is 0 Å². The minimum absolute atomic E-state index is 0.234. The van der Waals surface area contributed by atoms with Crippen molar-refractivity contribution in [2.45, 2.75) is 25.9 Å². The summed E-state index contributed by atoms with van der Waals surface area (Å²) >= 11 is 5.27. The van der Waals surface area contributed by atoms with Crippen LogP contribution in [0.1, 0.15) is 20.3 Å². The molecule has 0 amide bonds. The van der Waals surface area contributed by atoms with Gasteiger partial charge in [-0.1, -0.05) is 17.7 Å². The highest BCUT2D eigenvalue weighted by Crippen LogP contribution is 2.11. The van der Waals surface area contributed by atoms with Gasteiger partial charge < -0.3 is 10.2 Å². The maximum absolute atomic E-state index is 10.1. The summed E-state index contributed by atoms with van der Waals surface area (Å²) in [5, 5.41) is 17.2. The van der Waals surface area contributed by atoms with Gasteiger partial charge in [0.2, 0.25) is 0 Å². The van der Waals surface area contributed by atoms with Crippen molar-refractivity contribution in [3.8, 4) is 0 Å². The number of halogens is 1. The van der Waals surface area contributed by atoms with Crippen LogP contribution in [-0.4, -0.2) is 21.8 Å². The first-order valence-electron chi connectivity index (χ1n) is 3.14. The van der Waals surface area contributed by atoms with Gasteiger partial charge in [-0.2, -0.15) is 0 Å². The number of rotatable bonds is 3. The summed E-state index contributed by atoms with van der Waals surface area (Å²) in [5.74, 6) is -1.17. The Kier molecular flexibility index (Phi) is 3.55. The molecule has 0 unspecified atom stereocenters. The number of hydrogen-bond donors (Lipinski definition) is 2. The second kappa shape index (κ2) is 3.74. The molecular formula is C7H11ClO3. The third-order valence-electron chi connectivity index (χ3n) is 0.985. The van der Waals surface area contributed by atoms with E-state index in [0.29, 0.717) is 0 Å². The minimum Gasteiger partial charge on any atom is -0.477 e. The zero-order chi connectivity index (χ0) is 9.07. The van der Waals surface area contributed by atoms with Gasteiger partial charge in [0.15, 0.2) is 0 Å². The maximum Gasteiger partial charge on any atom is 0.346 e. The van der Waals surface area contributed by atoms with Crippen LogP contribution in [0.15, 0.2) is 11.1 Å². The Bertz CT molecular complexity index is 179. The summed E-state index contributed by atoms with van der Waals surface area (Å²) in [7, 11) is 0. The highest BCUT2D eigenvalue weighted by Gasteiger charge is 2.11. The minimum atomic E-state index is -1.17. The van der Waals surface area contributed by atoms with Crippen LogP contribution in [-0.2, 0) is 4.79 Å². The molecular weight excluding hydrogens is 168 g/mol. The molecule has 0 aliphatic rings. The molecule has 0 radical (unpaired) electrons. The first-order chi connectivity index (χ1) is 4.83. The lowest BCUT2D eigenvalue weighted by Crippen LogP contribution is -2.17. The lowest BCUT2D eigenvalue weighted by molar-refractivity contribution is -0.131. The van der Waals surface area contributed by atoms with E-state index in [-0.39, 0.29) is 11.5 Å². The van der Waals surface area contributed by atoms with Gasteiger partial charge in [-0.3, -0.25) is 0 Å². The number of aliphatic carboxylic acids is 1. The van der Waals surface area contributed by atoms with Gasteiger partial charge in [0.05, 0.1) is 5.60 Å². The van der Waals surface area contributed by atoms with Gasteiger partial charge in [0.1, 0.15) is 5.03 Å². The van der Waals surface area contributed by atoms with Crippen LogP contribution in [0.25, 0.3) is 0 Å². The summed E-state index contributed by atoms with van der Waals surface area (Å²) in [4.78, 5) is 10.1. The van der Waals surface area contributed by atoms with Crippen LogP contribution < -0.4 is 0 Å². The Hall–Kier alpha value is -0.540. The molecule has 0 heterocycles. The first kappa shape index (κ1) is 10.5. The van der Waals surface area contributed by atoms with E-state index in [9.17, 15) is 4.79 Å². The molecule has 3 nitrogen and oxygen atoms in total. The smallest absolute Gasteiger partial charge is 0.346 e. The van der Waals surface area contributed by atoms with Gasteiger partial charge in [-0.05, 0) is 20.3 Å². The van der Waals surface area contributed by atoms with Gasteiger partial charge >= 0.3 is 5.97 Å². The summed E-state index contributed by atoms with van der Waals surface area (Å²) in [6.45, 7) is 3.16. The fourth-order valence-corrected chi connectivity index (χ4v) is 0.504. The van der Waals surface area contributed by atoms with Crippen molar-refractivity contribution in [1.82, 2.24) is 0 Å². The molecule has 2 N–H and O–H groups in total. The average Bonchev–Trinajstić information content (AvgIpc) is 1.80. The molecule has 64 valence electrons. The van der Waals surface area contributed by atoms with Crippen LogP contribution in [0, 0.1) is 0 Å².